The number of aromatic nitrogens is 4. The second-order valence-electron chi connectivity index (χ2n) is 6.68. The molecule has 0 spiro atoms. The van der Waals surface area contributed by atoms with E-state index in [4.69, 9.17) is 11.6 Å². The van der Waals surface area contributed by atoms with Crippen LogP contribution in [0.15, 0.2) is 44.5 Å². The Morgan fingerprint density at radius 2 is 2.04 bits per heavy atom. The molecule has 0 saturated heterocycles. The van der Waals surface area contributed by atoms with Gasteiger partial charge in [0.25, 0.3) is 5.56 Å². The minimum atomic E-state index is -0.433. The van der Waals surface area contributed by atoms with Gasteiger partial charge in [-0.25, -0.2) is 4.68 Å². The topological polar surface area (TPSA) is 72.7 Å². The summed E-state index contributed by atoms with van der Waals surface area (Å²) >= 11 is 8.92. The first-order valence-electron chi connectivity index (χ1n) is 7.87. The molecule has 1 N–H and O–H groups in total. The van der Waals surface area contributed by atoms with Gasteiger partial charge in [0.05, 0.1) is 16.6 Å². The van der Waals surface area contributed by atoms with Gasteiger partial charge in [-0.05, 0) is 45.4 Å². The zero-order chi connectivity index (χ0) is 18.9. The molecule has 6 nitrogen and oxygen atoms in total. The lowest BCUT2D eigenvalue weighted by atomic mass is 10.1. The quantitative estimate of drug-likeness (QED) is 0.675. The Morgan fingerprint density at radius 1 is 1.27 bits per heavy atom. The summed E-state index contributed by atoms with van der Waals surface area (Å²) in [7, 11) is 0. The summed E-state index contributed by atoms with van der Waals surface area (Å²) in [6.07, 6.45) is 1.59. The van der Waals surface area contributed by atoms with Crippen LogP contribution in [0.1, 0.15) is 26.3 Å². The van der Waals surface area contributed by atoms with E-state index in [0.29, 0.717) is 14.4 Å². The van der Waals surface area contributed by atoms with Crippen LogP contribution in [0, 0.1) is 6.92 Å². The van der Waals surface area contributed by atoms with Gasteiger partial charge in [-0.15, -0.1) is 10.2 Å². The largest absolute Gasteiger partial charge is 0.330 e. The van der Waals surface area contributed by atoms with Crippen molar-refractivity contribution in [1.82, 2.24) is 20.0 Å². The monoisotopic (exact) mass is 407 g/mol. The molecule has 26 heavy (non-hydrogen) atoms. The number of anilines is 2. The van der Waals surface area contributed by atoms with E-state index in [1.165, 1.54) is 27.8 Å². The Morgan fingerprint density at radius 3 is 2.73 bits per heavy atom. The maximum atomic E-state index is 12.4. The molecule has 1 aromatic carbocycles. The third-order valence-electron chi connectivity index (χ3n) is 3.40. The zero-order valence-corrected chi connectivity index (χ0v) is 17.2. The molecule has 0 saturated carbocycles. The van der Waals surface area contributed by atoms with Gasteiger partial charge in [-0.3, -0.25) is 4.79 Å². The highest BCUT2D eigenvalue weighted by molar-refractivity contribution is 8.01. The molecular weight excluding hydrogens is 390 g/mol. The van der Waals surface area contributed by atoms with E-state index in [0.717, 1.165) is 11.3 Å². The second-order valence-corrected chi connectivity index (χ2v) is 9.32. The van der Waals surface area contributed by atoms with Gasteiger partial charge in [0.15, 0.2) is 4.34 Å². The zero-order valence-electron chi connectivity index (χ0n) is 14.8. The third kappa shape index (κ3) is 4.25. The Labute approximate surface area is 164 Å². The van der Waals surface area contributed by atoms with Gasteiger partial charge in [0, 0.05) is 5.69 Å². The van der Waals surface area contributed by atoms with Gasteiger partial charge < -0.3 is 5.32 Å². The van der Waals surface area contributed by atoms with Crippen LogP contribution in [0.4, 0.5) is 10.8 Å². The van der Waals surface area contributed by atoms with Crippen molar-refractivity contribution in [2.75, 3.05) is 5.32 Å². The summed E-state index contributed by atoms with van der Waals surface area (Å²) in [6, 6.07) is 8.00. The normalized spacial score (nSPS) is 11.6. The molecule has 2 heterocycles. The molecular formula is C17H18ClN5OS2. The number of hydrogen-bond donors (Lipinski definition) is 1. The Balaban J connectivity index is 1.79. The van der Waals surface area contributed by atoms with Crippen molar-refractivity contribution in [1.29, 1.82) is 0 Å². The van der Waals surface area contributed by atoms with Crippen molar-refractivity contribution in [2.24, 2.45) is 0 Å². The fraction of sp³-hybridized carbons (Fsp3) is 0.294. The fourth-order valence-corrected chi connectivity index (χ4v) is 4.17. The molecule has 0 bridgehead atoms. The molecule has 0 unspecified atom stereocenters. The molecule has 0 aliphatic carbocycles. The minimum absolute atomic E-state index is 0.142. The van der Waals surface area contributed by atoms with Gasteiger partial charge in [0.1, 0.15) is 5.02 Å². The predicted octanol–water partition coefficient (Wildman–Crippen LogP) is 4.71. The summed E-state index contributed by atoms with van der Waals surface area (Å²) in [4.78, 5) is 13.0. The summed E-state index contributed by atoms with van der Waals surface area (Å²) < 4.78 is 2.06. The SMILES string of the molecule is Cc1cccc(Nc2nnc(Sc3cnn(C(C)(C)C)c(=O)c3Cl)s2)c1. The highest BCUT2D eigenvalue weighted by Gasteiger charge is 2.20. The van der Waals surface area contributed by atoms with E-state index in [-0.39, 0.29) is 10.6 Å². The molecule has 0 radical (unpaired) electrons. The van der Waals surface area contributed by atoms with Crippen molar-refractivity contribution < 1.29 is 0 Å². The van der Waals surface area contributed by atoms with Crippen molar-refractivity contribution in [3.63, 3.8) is 0 Å². The summed E-state index contributed by atoms with van der Waals surface area (Å²) in [5.74, 6) is 0. The molecule has 0 amide bonds. The molecule has 3 aromatic rings. The van der Waals surface area contributed by atoms with Crippen LogP contribution in [-0.4, -0.2) is 20.0 Å². The first-order valence-corrected chi connectivity index (χ1v) is 9.88. The van der Waals surface area contributed by atoms with Gasteiger partial charge in [-0.1, -0.05) is 46.8 Å². The van der Waals surface area contributed by atoms with Crippen LogP contribution < -0.4 is 10.9 Å². The number of aryl methyl sites for hydroxylation is 1. The van der Waals surface area contributed by atoms with E-state index in [2.05, 4.69) is 20.6 Å². The molecule has 9 heteroatoms. The number of rotatable bonds is 4. The van der Waals surface area contributed by atoms with Gasteiger partial charge in [0.2, 0.25) is 5.13 Å². The first kappa shape index (κ1) is 18.9. The van der Waals surface area contributed by atoms with Crippen LogP contribution in [0.5, 0.6) is 0 Å². The molecule has 0 aliphatic heterocycles. The standard InChI is InChI=1S/C17H18ClN5OS2/c1-10-6-5-7-11(8-10)20-15-21-22-16(26-15)25-12-9-19-23(17(2,3)4)14(24)13(12)18/h5-9H,1-4H3,(H,20,21). The molecule has 0 fully saturated rings. The van der Waals surface area contributed by atoms with E-state index >= 15 is 0 Å². The average molecular weight is 408 g/mol. The van der Waals surface area contributed by atoms with E-state index in [1.54, 1.807) is 6.20 Å². The Bertz CT molecular complexity index is 993. The highest BCUT2D eigenvalue weighted by Crippen LogP contribution is 2.35. The van der Waals surface area contributed by atoms with E-state index in [9.17, 15) is 4.79 Å². The summed E-state index contributed by atoms with van der Waals surface area (Å²) in [6.45, 7) is 7.73. The number of benzene rings is 1. The summed E-state index contributed by atoms with van der Waals surface area (Å²) in [5, 5.41) is 16.5. The number of halogens is 1. The maximum absolute atomic E-state index is 12.4. The lowest BCUT2D eigenvalue weighted by Gasteiger charge is -2.20. The van der Waals surface area contributed by atoms with E-state index in [1.807, 2.05) is 52.0 Å². The van der Waals surface area contributed by atoms with E-state index < -0.39 is 5.54 Å². The summed E-state index contributed by atoms with van der Waals surface area (Å²) in [5.41, 5.74) is 1.36. The Hall–Kier alpha value is -1.90. The highest BCUT2D eigenvalue weighted by atomic mass is 35.5. The minimum Gasteiger partial charge on any atom is -0.330 e. The maximum Gasteiger partial charge on any atom is 0.287 e. The predicted molar refractivity (Wildman–Crippen MR) is 107 cm³/mol. The van der Waals surface area contributed by atoms with Crippen LogP contribution in [0.2, 0.25) is 5.02 Å². The van der Waals surface area contributed by atoms with Gasteiger partial charge >= 0.3 is 0 Å². The van der Waals surface area contributed by atoms with Crippen LogP contribution in [-0.2, 0) is 5.54 Å². The number of nitrogens with zero attached hydrogens (tertiary/aromatic N) is 4. The lowest BCUT2D eigenvalue weighted by molar-refractivity contribution is 0.336. The second kappa shape index (κ2) is 7.38. The van der Waals surface area contributed by atoms with Crippen LogP contribution in [0.25, 0.3) is 0 Å². The molecule has 0 atom stereocenters. The van der Waals surface area contributed by atoms with Crippen molar-refractivity contribution >= 4 is 45.5 Å². The molecule has 3 rings (SSSR count). The molecule has 2 aromatic heterocycles. The third-order valence-corrected chi connectivity index (χ3v) is 5.79. The first-order chi connectivity index (χ1) is 12.2. The average Bonchev–Trinajstić information content (AvgIpc) is 2.98. The molecule has 0 aliphatic rings. The van der Waals surface area contributed by atoms with Crippen LogP contribution >= 0.6 is 34.7 Å². The van der Waals surface area contributed by atoms with Crippen molar-refractivity contribution in [3.05, 3.63) is 51.4 Å². The number of hydrogen-bond acceptors (Lipinski definition) is 7. The van der Waals surface area contributed by atoms with Crippen molar-refractivity contribution in [3.8, 4) is 0 Å². The lowest BCUT2D eigenvalue weighted by Crippen LogP contribution is -2.36. The smallest absolute Gasteiger partial charge is 0.287 e. The van der Waals surface area contributed by atoms with Crippen LogP contribution in [0.3, 0.4) is 0 Å². The number of nitrogens with one attached hydrogen (secondary N) is 1. The van der Waals surface area contributed by atoms with Gasteiger partial charge in [-0.2, -0.15) is 5.10 Å². The fourth-order valence-electron chi connectivity index (χ4n) is 2.21. The molecule has 136 valence electrons. The Kier molecular flexibility index (Phi) is 5.36. The van der Waals surface area contributed by atoms with Crippen molar-refractivity contribution in [2.45, 2.75) is 42.5 Å².